The maximum atomic E-state index is 12.6. The van der Waals surface area contributed by atoms with Gasteiger partial charge in [0, 0.05) is 19.3 Å². The lowest BCUT2D eigenvalue weighted by molar-refractivity contribution is -0.167. The molecule has 6 heteroatoms. The first kappa shape index (κ1) is 49.4. The summed E-state index contributed by atoms with van der Waals surface area (Å²) >= 11 is 0. The first-order valence-corrected chi connectivity index (χ1v) is 22.2. The van der Waals surface area contributed by atoms with Crippen LogP contribution in [0.1, 0.15) is 240 Å². The molecule has 0 bridgehead atoms. The summed E-state index contributed by atoms with van der Waals surface area (Å²) in [5.41, 5.74) is 0. The molecule has 302 valence electrons. The molecule has 0 rings (SSSR count). The summed E-state index contributed by atoms with van der Waals surface area (Å²) < 4.78 is 16.6. The number of carbonyl (C=O) groups excluding carboxylic acids is 3. The fraction of sp³-hybridized carbons (Fsp3) is 0.933. The van der Waals surface area contributed by atoms with E-state index in [1.54, 1.807) is 0 Å². The second-order valence-corrected chi connectivity index (χ2v) is 16.3. The minimum absolute atomic E-state index is 0.0658. The highest BCUT2D eigenvalue weighted by molar-refractivity contribution is 5.71. The fourth-order valence-electron chi connectivity index (χ4n) is 6.58. The van der Waals surface area contributed by atoms with Crippen LogP contribution >= 0.6 is 0 Å². The topological polar surface area (TPSA) is 78.9 Å². The van der Waals surface area contributed by atoms with Gasteiger partial charge in [0.25, 0.3) is 0 Å². The molecule has 0 fully saturated rings. The number of rotatable bonds is 39. The Balaban J connectivity index is 4.21. The molecule has 0 aromatic carbocycles. The van der Waals surface area contributed by atoms with Crippen LogP contribution < -0.4 is 0 Å². The van der Waals surface area contributed by atoms with E-state index >= 15 is 0 Å². The molecule has 51 heavy (non-hydrogen) atoms. The second kappa shape index (κ2) is 38.1. The quantitative estimate of drug-likeness (QED) is 0.0357. The van der Waals surface area contributed by atoms with Crippen LogP contribution in [0, 0.1) is 11.8 Å². The van der Waals surface area contributed by atoms with Crippen LogP contribution in [0.2, 0.25) is 0 Å². The maximum Gasteiger partial charge on any atom is 0.306 e. The van der Waals surface area contributed by atoms with Gasteiger partial charge in [-0.05, 0) is 31.1 Å². The zero-order chi connectivity index (χ0) is 37.6. The molecule has 0 aliphatic heterocycles. The van der Waals surface area contributed by atoms with Crippen LogP contribution in [0.3, 0.4) is 0 Å². The highest BCUT2D eigenvalue weighted by atomic mass is 16.6. The van der Waals surface area contributed by atoms with Gasteiger partial charge in [-0.25, -0.2) is 0 Å². The third kappa shape index (κ3) is 39.5. The standard InChI is InChI=1S/C45H86O6/c1-6-7-8-9-18-27-32-37-45(48)51-42(39-50-44(47)36-31-26-22-17-20-24-29-34-41(4)5)38-49-43(46)35-30-25-21-16-14-12-10-11-13-15-19-23-28-33-40(2)3/h40-42H,6-39H2,1-5H3/t42-/m1/s1. The molecule has 6 nitrogen and oxygen atoms in total. The third-order valence-corrected chi connectivity index (χ3v) is 9.97. The molecule has 0 aliphatic carbocycles. The van der Waals surface area contributed by atoms with Gasteiger partial charge in [0.1, 0.15) is 13.2 Å². The van der Waals surface area contributed by atoms with Crippen molar-refractivity contribution in [3.8, 4) is 0 Å². The minimum Gasteiger partial charge on any atom is -0.462 e. The second-order valence-electron chi connectivity index (χ2n) is 16.3. The lowest BCUT2D eigenvalue weighted by atomic mass is 10.0. The molecule has 0 N–H and O–H groups in total. The summed E-state index contributed by atoms with van der Waals surface area (Å²) in [4.78, 5) is 37.5. The van der Waals surface area contributed by atoms with Gasteiger partial charge in [0.15, 0.2) is 6.10 Å². The molecule has 0 amide bonds. The molecular formula is C45H86O6. The van der Waals surface area contributed by atoms with Crippen molar-refractivity contribution < 1.29 is 28.6 Å². The molecule has 0 spiro atoms. The molecule has 0 aromatic heterocycles. The Morgan fingerprint density at radius 1 is 0.373 bits per heavy atom. The van der Waals surface area contributed by atoms with Gasteiger partial charge in [-0.1, -0.05) is 202 Å². The van der Waals surface area contributed by atoms with Crippen LogP contribution in [0.4, 0.5) is 0 Å². The van der Waals surface area contributed by atoms with E-state index in [-0.39, 0.29) is 31.1 Å². The normalized spacial score (nSPS) is 12.1. The van der Waals surface area contributed by atoms with E-state index in [1.165, 1.54) is 128 Å². The molecule has 0 aromatic rings. The molecule has 0 heterocycles. The van der Waals surface area contributed by atoms with E-state index < -0.39 is 6.10 Å². The minimum atomic E-state index is -0.759. The van der Waals surface area contributed by atoms with Crippen LogP contribution in [-0.4, -0.2) is 37.2 Å². The van der Waals surface area contributed by atoms with Crippen molar-refractivity contribution >= 4 is 17.9 Å². The van der Waals surface area contributed by atoms with Gasteiger partial charge in [-0.15, -0.1) is 0 Å². The van der Waals surface area contributed by atoms with Gasteiger partial charge in [-0.2, -0.15) is 0 Å². The lowest BCUT2D eigenvalue weighted by Crippen LogP contribution is -2.30. The molecule has 0 radical (unpaired) electrons. The van der Waals surface area contributed by atoms with Crippen molar-refractivity contribution in [1.82, 2.24) is 0 Å². The van der Waals surface area contributed by atoms with E-state index in [2.05, 4.69) is 34.6 Å². The number of unbranched alkanes of at least 4 members (excludes halogenated alkanes) is 24. The largest absolute Gasteiger partial charge is 0.462 e. The fourth-order valence-corrected chi connectivity index (χ4v) is 6.58. The van der Waals surface area contributed by atoms with Crippen LogP contribution in [0.15, 0.2) is 0 Å². The Kier molecular flexibility index (Phi) is 37.0. The Morgan fingerprint density at radius 3 is 0.961 bits per heavy atom. The van der Waals surface area contributed by atoms with E-state index in [9.17, 15) is 14.4 Å². The summed E-state index contributed by atoms with van der Waals surface area (Å²) in [5.74, 6) is 0.754. The predicted octanol–water partition coefficient (Wildman–Crippen LogP) is 13.8. The first-order chi connectivity index (χ1) is 24.7. The Hall–Kier alpha value is -1.59. The number of hydrogen-bond acceptors (Lipinski definition) is 6. The van der Waals surface area contributed by atoms with Crippen molar-refractivity contribution in [2.24, 2.45) is 11.8 Å². The number of carbonyl (C=O) groups is 3. The van der Waals surface area contributed by atoms with Crippen molar-refractivity contribution in [3.05, 3.63) is 0 Å². The summed E-state index contributed by atoms with van der Waals surface area (Å²) in [6.45, 7) is 11.3. The van der Waals surface area contributed by atoms with Crippen LogP contribution in [0.5, 0.6) is 0 Å². The van der Waals surface area contributed by atoms with Crippen molar-refractivity contribution in [2.45, 2.75) is 246 Å². The number of ether oxygens (including phenoxy) is 3. The van der Waals surface area contributed by atoms with Gasteiger partial charge < -0.3 is 14.2 Å². The monoisotopic (exact) mass is 723 g/mol. The van der Waals surface area contributed by atoms with Gasteiger partial charge in [0.05, 0.1) is 0 Å². The van der Waals surface area contributed by atoms with Crippen molar-refractivity contribution in [2.75, 3.05) is 13.2 Å². The highest BCUT2D eigenvalue weighted by Crippen LogP contribution is 2.16. The third-order valence-electron chi connectivity index (χ3n) is 9.97. The van der Waals surface area contributed by atoms with Crippen LogP contribution in [0.25, 0.3) is 0 Å². The zero-order valence-electron chi connectivity index (χ0n) is 34.7. The van der Waals surface area contributed by atoms with Gasteiger partial charge in [0.2, 0.25) is 0 Å². The van der Waals surface area contributed by atoms with Gasteiger partial charge >= 0.3 is 17.9 Å². The average Bonchev–Trinajstić information content (AvgIpc) is 3.09. The van der Waals surface area contributed by atoms with Crippen molar-refractivity contribution in [1.29, 1.82) is 0 Å². The molecule has 0 aliphatic rings. The number of hydrogen-bond donors (Lipinski definition) is 0. The van der Waals surface area contributed by atoms with E-state index in [4.69, 9.17) is 14.2 Å². The van der Waals surface area contributed by atoms with Crippen molar-refractivity contribution in [3.63, 3.8) is 0 Å². The summed E-state index contributed by atoms with van der Waals surface area (Å²) in [6.07, 6.45) is 35.4. The summed E-state index contributed by atoms with van der Waals surface area (Å²) in [6, 6.07) is 0. The highest BCUT2D eigenvalue weighted by Gasteiger charge is 2.19. The number of esters is 3. The molecular weight excluding hydrogens is 636 g/mol. The molecule has 0 unspecified atom stereocenters. The summed E-state index contributed by atoms with van der Waals surface area (Å²) in [7, 11) is 0. The Labute approximate surface area is 317 Å². The predicted molar refractivity (Wildman–Crippen MR) is 215 cm³/mol. The first-order valence-electron chi connectivity index (χ1n) is 22.2. The zero-order valence-corrected chi connectivity index (χ0v) is 34.7. The van der Waals surface area contributed by atoms with E-state index in [0.29, 0.717) is 19.3 Å². The molecule has 0 saturated heterocycles. The molecule has 1 atom stereocenters. The maximum absolute atomic E-state index is 12.6. The average molecular weight is 723 g/mol. The Bertz CT molecular complexity index is 779. The summed E-state index contributed by atoms with van der Waals surface area (Å²) in [5, 5.41) is 0. The van der Waals surface area contributed by atoms with Gasteiger partial charge in [-0.3, -0.25) is 14.4 Å². The lowest BCUT2D eigenvalue weighted by Gasteiger charge is -2.18. The Morgan fingerprint density at radius 2 is 0.647 bits per heavy atom. The molecule has 0 saturated carbocycles. The van der Waals surface area contributed by atoms with Crippen LogP contribution in [-0.2, 0) is 28.6 Å². The van der Waals surface area contributed by atoms with E-state index in [1.807, 2.05) is 0 Å². The smallest absolute Gasteiger partial charge is 0.306 e. The SMILES string of the molecule is CCCCCCCCCC(=O)O[C@H](COC(=O)CCCCCCCCCCCCCCCC(C)C)COC(=O)CCCCCCCCCC(C)C. The van der Waals surface area contributed by atoms with E-state index in [0.717, 1.165) is 69.6 Å².